The van der Waals surface area contributed by atoms with Crippen molar-refractivity contribution < 1.29 is 9.53 Å². The Morgan fingerprint density at radius 1 is 1.35 bits per heavy atom. The molecule has 1 aromatic rings. The molecule has 0 spiro atoms. The van der Waals surface area contributed by atoms with Gasteiger partial charge in [0, 0.05) is 24.8 Å². The van der Waals surface area contributed by atoms with Crippen molar-refractivity contribution in [1.29, 1.82) is 0 Å². The predicted molar refractivity (Wildman–Crippen MR) is 69.4 cm³/mol. The number of nitrogens with one attached hydrogen (secondary N) is 1. The Morgan fingerprint density at radius 2 is 2.06 bits per heavy atom. The number of hydrogen-bond donors (Lipinski definition) is 1. The highest BCUT2D eigenvalue weighted by atomic mass is 16.5. The van der Waals surface area contributed by atoms with E-state index < -0.39 is 0 Å². The third-order valence-corrected chi connectivity index (χ3v) is 2.63. The van der Waals surface area contributed by atoms with Crippen molar-refractivity contribution >= 4 is 11.6 Å². The molecule has 0 saturated carbocycles. The highest BCUT2D eigenvalue weighted by Gasteiger charge is 2.08. The van der Waals surface area contributed by atoms with Crippen LogP contribution in [0.25, 0.3) is 0 Å². The second kappa shape index (κ2) is 6.78. The minimum absolute atomic E-state index is 0.109. The molecule has 4 heteroatoms. The Hall–Kier alpha value is -1.71. The van der Waals surface area contributed by atoms with Gasteiger partial charge in [-0.05, 0) is 26.0 Å². The summed E-state index contributed by atoms with van der Waals surface area (Å²) < 4.78 is 5.12. The fourth-order valence-electron chi connectivity index (χ4n) is 1.60. The first-order valence-electron chi connectivity index (χ1n) is 5.87. The van der Waals surface area contributed by atoms with Crippen molar-refractivity contribution in [3.8, 4) is 5.75 Å². The van der Waals surface area contributed by atoms with E-state index in [0.717, 1.165) is 24.5 Å². The molecular weight excluding hydrogens is 216 g/mol. The molecule has 0 heterocycles. The normalized spacial score (nSPS) is 9.82. The van der Waals surface area contributed by atoms with Crippen molar-refractivity contribution in [1.82, 2.24) is 4.90 Å². The molecule has 0 unspecified atom stereocenters. The van der Waals surface area contributed by atoms with Gasteiger partial charge in [-0.3, -0.25) is 4.79 Å². The van der Waals surface area contributed by atoms with Crippen LogP contribution in [0.4, 0.5) is 5.69 Å². The van der Waals surface area contributed by atoms with E-state index in [-0.39, 0.29) is 5.91 Å². The molecule has 0 aromatic heterocycles. The molecule has 4 nitrogen and oxygen atoms in total. The summed E-state index contributed by atoms with van der Waals surface area (Å²) in [5.41, 5.74) is 0.893. The molecule has 17 heavy (non-hydrogen) atoms. The zero-order chi connectivity index (χ0) is 12.7. The van der Waals surface area contributed by atoms with Crippen molar-refractivity contribution in [3.63, 3.8) is 0 Å². The van der Waals surface area contributed by atoms with Gasteiger partial charge in [-0.15, -0.1) is 0 Å². The van der Waals surface area contributed by atoms with Crippen LogP contribution in [0.15, 0.2) is 24.3 Å². The Kier molecular flexibility index (Phi) is 5.33. The van der Waals surface area contributed by atoms with E-state index in [1.54, 1.807) is 12.0 Å². The topological polar surface area (TPSA) is 41.6 Å². The van der Waals surface area contributed by atoms with Gasteiger partial charge < -0.3 is 15.0 Å². The Morgan fingerprint density at radius 3 is 2.65 bits per heavy atom. The largest absolute Gasteiger partial charge is 0.497 e. The quantitative estimate of drug-likeness (QED) is 0.821. The molecule has 0 saturated heterocycles. The third-order valence-electron chi connectivity index (χ3n) is 2.63. The molecule has 0 aliphatic rings. The van der Waals surface area contributed by atoms with E-state index in [1.807, 2.05) is 38.1 Å². The summed E-state index contributed by atoms with van der Waals surface area (Å²) in [6, 6.07) is 7.55. The van der Waals surface area contributed by atoms with Crippen LogP contribution in [-0.2, 0) is 4.79 Å². The number of hydrogen-bond acceptors (Lipinski definition) is 3. The number of carbonyl (C=O) groups excluding carboxylic acids is 1. The molecule has 1 rings (SSSR count). The third kappa shape index (κ3) is 3.98. The summed E-state index contributed by atoms with van der Waals surface area (Å²) in [6.07, 6.45) is 0. The summed E-state index contributed by atoms with van der Waals surface area (Å²) >= 11 is 0. The lowest BCUT2D eigenvalue weighted by molar-refractivity contribution is -0.128. The summed E-state index contributed by atoms with van der Waals surface area (Å²) in [7, 11) is 1.63. The average Bonchev–Trinajstić information content (AvgIpc) is 2.38. The number of nitrogens with zero attached hydrogens (tertiary/aromatic N) is 1. The number of amides is 1. The second-order valence-electron chi connectivity index (χ2n) is 3.65. The Labute approximate surface area is 103 Å². The molecule has 0 aliphatic heterocycles. The van der Waals surface area contributed by atoms with Crippen LogP contribution >= 0.6 is 0 Å². The van der Waals surface area contributed by atoms with Crippen LogP contribution in [0, 0.1) is 0 Å². The van der Waals surface area contributed by atoms with Crippen LogP contribution in [-0.4, -0.2) is 37.6 Å². The summed E-state index contributed by atoms with van der Waals surface area (Å²) in [4.78, 5) is 13.6. The van der Waals surface area contributed by atoms with Gasteiger partial charge in [0.1, 0.15) is 5.75 Å². The predicted octanol–water partition coefficient (Wildman–Crippen LogP) is 1.98. The average molecular weight is 236 g/mol. The number of methoxy groups -OCH3 is 1. The SMILES string of the molecule is CCN(CC)C(=O)CNc1cccc(OC)c1. The lowest BCUT2D eigenvalue weighted by atomic mass is 10.3. The number of carbonyl (C=O) groups is 1. The van der Waals surface area contributed by atoms with E-state index in [1.165, 1.54) is 0 Å². The second-order valence-corrected chi connectivity index (χ2v) is 3.65. The van der Waals surface area contributed by atoms with Gasteiger partial charge in [-0.25, -0.2) is 0 Å². The molecule has 0 bridgehead atoms. The highest BCUT2D eigenvalue weighted by molar-refractivity contribution is 5.80. The van der Waals surface area contributed by atoms with Gasteiger partial charge in [0.05, 0.1) is 13.7 Å². The maximum Gasteiger partial charge on any atom is 0.241 e. The fourth-order valence-corrected chi connectivity index (χ4v) is 1.60. The Balaban J connectivity index is 2.52. The molecule has 1 amide bonds. The zero-order valence-electron chi connectivity index (χ0n) is 10.7. The van der Waals surface area contributed by atoms with Crippen molar-refractivity contribution in [2.45, 2.75) is 13.8 Å². The fraction of sp³-hybridized carbons (Fsp3) is 0.462. The van der Waals surface area contributed by atoms with Gasteiger partial charge in [-0.2, -0.15) is 0 Å². The van der Waals surface area contributed by atoms with E-state index in [0.29, 0.717) is 6.54 Å². The number of benzene rings is 1. The van der Waals surface area contributed by atoms with Gasteiger partial charge in [-0.1, -0.05) is 6.07 Å². The highest BCUT2D eigenvalue weighted by Crippen LogP contribution is 2.16. The number of likely N-dealkylation sites (N-methyl/N-ethyl adjacent to an activating group) is 1. The van der Waals surface area contributed by atoms with Crippen molar-refractivity contribution in [3.05, 3.63) is 24.3 Å². The van der Waals surface area contributed by atoms with Crippen LogP contribution in [0.1, 0.15) is 13.8 Å². The Bertz CT molecular complexity index is 362. The van der Waals surface area contributed by atoms with Crippen LogP contribution < -0.4 is 10.1 Å². The molecule has 0 aliphatic carbocycles. The van der Waals surface area contributed by atoms with Gasteiger partial charge in [0.15, 0.2) is 0 Å². The lowest BCUT2D eigenvalue weighted by Crippen LogP contribution is -2.35. The zero-order valence-corrected chi connectivity index (χ0v) is 10.7. The monoisotopic (exact) mass is 236 g/mol. The van der Waals surface area contributed by atoms with Crippen LogP contribution in [0.3, 0.4) is 0 Å². The van der Waals surface area contributed by atoms with Gasteiger partial charge in [0.2, 0.25) is 5.91 Å². The molecule has 1 N–H and O–H groups in total. The lowest BCUT2D eigenvalue weighted by Gasteiger charge is -2.19. The molecule has 94 valence electrons. The summed E-state index contributed by atoms with van der Waals surface area (Å²) in [5.74, 6) is 0.892. The maximum absolute atomic E-state index is 11.8. The van der Waals surface area contributed by atoms with Crippen LogP contribution in [0.5, 0.6) is 5.75 Å². The number of anilines is 1. The first kappa shape index (κ1) is 13.4. The van der Waals surface area contributed by atoms with Crippen molar-refractivity contribution in [2.75, 3.05) is 32.1 Å². The molecule has 0 atom stereocenters. The molecular formula is C13H20N2O2. The standard InChI is InChI=1S/C13H20N2O2/c1-4-15(5-2)13(16)10-14-11-7-6-8-12(9-11)17-3/h6-9,14H,4-5,10H2,1-3H3. The maximum atomic E-state index is 11.8. The first-order valence-corrected chi connectivity index (χ1v) is 5.87. The van der Waals surface area contributed by atoms with Crippen molar-refractivity contribution in [2.24, 2.45) is 0 Å². The molecule has 1 aromatic carbocycles. The van der Waals surface area contributed by atoms with Crippen LogP contribution in [0.2, 0.25) is 0 Å². The van der Waals surface area contributed by atoms with E-state index in [4.69, 9.17) is 4.74 Å². The minimum Gasteiger partial charge on any atom is -0.497 e. The van der Waals surface area contributed by atoms with Gasteiger partial charge >= 0.3 is 0 Å². The number of rotatable bonds is 6. The summed E-state index contributed by atoms with van der Waals surface area (Å²) in [6.45, 7) is 5.76. The molecule has 0 fully saturated rings. The van der Waals surface area contributed by atoms with E-state index in [2.05, 4.69) is 5.32 Å². The smallest absolute Gasteiger partial charge is 0.241 e. The van der Waals surface area contributed by atoms with E-state index in [9.17, 15) is 4.79 Å². The van der Waals surface area contributed by atoms with Gasteiger partial charge in [0.25, 0.3) is 0 Å². The van der Waals surface area contributed by atoms with E-state index >= 15 is 0 Å². The first-order chi connectivity index (χ1) is 8.21. The number of ether oxygens (including phenoxy) is 1. The summed E-state index contributed by atoms with van der Waals surface area (Å²) in [5, 5.41) is 3.10. The minimum atomic E-state index is 0.109. The molecule has 0 radical (unpaired) electrons.